The number of nitrogens with two attached hydrogens (primary N) is 1. The first kappa shape index (κ1) is 30.4. The lowest BCUT2D eigenvalue weighted by Crippen LogP contribution is -2.39. The minimum atomic E-state index is -0.536. The molecular formula is C29H38N8O2S2. The summed E-state index contributed by atoms with van der Waals surface area (Å²) in [5, 5.41) is 10.7. The van der Waals surface area contributed by atoms with Crippen molar-refractivity contribution >= 4 is 57.5 Å². The monoisotopic (exact) mass is 594 g/mol. The van der Waals surface area contributed by atoms with Crippen LogP contribution in [0.5, 0.6) is 0 Å². The molecule has 1 aliphatic heterocycles. The second kappa shape index (κ2) is 13.0. The van der Waals surface area contributed by atoms with E-state index >= 15 is 0 Å². The first-order valence-electron chi connectivity index (χ1n) is 13.8. The second-order valence-electron chi connectivity index (χ2n) is 11.4. The lowest BCUT2D eigenvalue weighted by atomic mass is 9.83. The topological polar surface area (TPSA) is 124 Å². The van der Waals surface area contributed by atoms with Crippen LogP contribution in [-0.2, 0) is 11.2 Å². The largest absolute Gasteiger partial charge is 0.444 e. The van der Waals surface area contributed by atoms with Crippen LogP contribution in [0.15, 0.2) is 23.3 Å². The van der Waals surface area contributed by atoms with E-state index in [1.54, 1.807) is 40.9 Å². The number of rotatable bonds is 6. The van der Waals surface area contributed by atoms with Gasteiger partial charge in [-0.3, -0.25) is 0 Å². The number of thiophene rings is 1. The first-order valence-corrected chi connectivity index (χ1v) is 15.0. The summed E-state index contributed by atoms with van der Waals surface area (Å²) in [5.41, 5.74) is 8.63. The molecule has 1 fully saturated rings. The summed E-state index contributed by atoms with van der Waals surface area (Å²) < 4.78 is 5.55. The summed E-state index contributed by atoms with van der Waals surface area (Å²) in [4.78, 5) is 33.8. The highest BCUT2D eigenvalue weighted by molar-refractivity contribution is 7.80. The molecule has 0 unspecified atom stereocenters. The second-order valence-corrected chi connectivity index (χ2v) is 13.0. The molecule has 2 N–H and O–H groups in total. The Morgan fingerprint density at radius 3 is 2.78 bits per heavy atom. The molecule has 1 atom stereocenters. The Labute approximate surface area is 251 Å². The predicted octanol–water partition coefficient (Wildman–Crippen LogP) is 4.87. The van der Waals surface area contributed by atoms with Crippen LogP contribution in [0.3, 0.4) is 0 Å². The predicted molar refractivity (Wildman–Crippen MR) is 168 cm³/mol. The van der Waals surface area contributed by atoms with E-state index < -0.39 is 5.60 Å². The van der Waals surface area contributed by atoms with Gasteiger partial charge in [-0.1, -0.05) is 12.2 Å². The maximum atomic E-state index is 12.6. The molecule has 12 heteroatoms. The van der Waals surface area contributed by atoms with E-state index in [2.05, 4.69) is 20.9 Å². The number of aryl methyl sites for hydroxylation is 1. The van der Waals surface area contributed by atoms with E-state index in [1.807, 2.05) is 39.8 Å². The van der Waals surface area contributed by atoms with Crippen molar-refractivity contribution in [3.63, 3.8) is 0 Å². The number of amides is 1. The van der Waals surface area contributed by atoms with Gasteiger partial charge in [0.25, 0.3) is 0 Å². The number of hydrogen-bond acceptors (Lipinski definition) is 10. The lowest BCUT2D eigenvalue weighted by molar-refractivity contribution is 0.0263. The van der Waals surface area contributed by atoms with Crippen LogP contribution in [0.4, 0.5) is 15.7 Å². The van der Waals surface area contributed by atoms with Crippen molar-refractivity contribution < 1.29 is 9.53 Å². The zero-order chi connectivity index (χ0) is 29.7. The zero-order valence-corrected chi connectivity index (χ0v) is 26.0. The molecule has 4 rings (SSSR count). The summed E-state index contributed by atoms with van der Waals surface area (Å²) >= 11 is 7.46. The number of nitriles is 1. The van der Waals surface area contributed by atoms with Gasteiger partial charge in [0.05, 0.1) is 23.3 Å². The van der Waals surface area contributed by atoms with E-state index in [4.69, 9.17) is 27.7 Å². The van der Waals surface area contributed by atoms with E-state index in [-0.39, 0.29) is 12.0 Å². The van der Waals surface area contributed by atoms with Crippen LogP contribution in [0.2, 0.25) is 0 Å². The number of allylic oxidation sites excluding steroid dienone is 1. The van der Waals surface area contributed by atoms with Crippen molar-refractivity contribution in [1.82, 2.24) is 19.8 Å². The van der Waals surface area contributed by atoms with Gasteiger partial charge < -0.3 is 25.2 Å². The third kappa shape index (κ3) is 7.59. The number of aliphatic imine (C=N–C) groups is 1. The molecule has 41 heavy (non-hydrogen) atoms. The highest BCUT2D eigenvalue weighted by atomic mass is 32.1. The van der Waals surface area contributed by atoms with Crippen molar-refractivity contribution in [2.75, 3.05) is 45.2 Å². The standard InChI is InChI=1S/C29H38N8O2S2/c1-29(2,3)39-28(38)37-13-7-12-36(14-15-37)27-32-11-10-22(34-27)21(31)16-23(40)19-8-6-9-24-25(19)20(17-30)26(41-24)33-18-35(4)5/h10-11,16,18-19H,6-9,12-15,31H2,1-5H3/t19-/m1/s1. The fourth-order valence-corrected chi connectivity index (χ4v) is 6.46. The quantitative estimate of drug-likeness (QED) is 0.216. The van der Waals surface area contributed by atoms with Gasteiger partial charge in [-0.2, -0.15) is 5.26 Å². The fourth-order valence-electron chi connectivity index (χ4n) is 4.91. The molecule has 0 radical (unpaired) electrons. The summed E-state index contributed by atoms with van der Waals surface area (Å²) in [7, 11) is 3.80. The summed E-state index contributed by atoms with van der Waals surface area (Å²) in [6, 6.07) is 4.15. The van der Waals surface area contributed by atoms with Gasteiger partial charge in [0.1, 0.15) is 16.7 Å². The third-order valence-corrected chi connectivity index (χ3v) is 8.35. The number of anilines is 1. The molecule has 0 bridgehead atoms. The molecule has 2 aromatic rings. The Hall–Kier alpha value is -3.56. The van der Waals surface area contributed by atoms with Crippen LogP contribution in [0.1, 0.15) is 67.6 Å². The summed E-state index contributed by atoms with van der Waals surface area (Å²) in [6.45, 7) is 8.03. The normalized spacial score (nSPS) is 18.0. The van der Waals surface area contributed by atoms with Crippen LogP contribution in [0, 0.1) is 11.3 Å². The van der Waals surface area contributed by atoms with Gasteiger partial charge in [-0.05, 0) is 64.2 Å². The molecule has 0 saturated carbocycles. The Kier molecular flexibility index (Phi) is 9.60. The summed E-state index contributed by atoms with van der Waals surface area (Å²) in [6.07, 6.45) is 8.44. The van der Waals surface area contributed by atoms with E-state index in [0.29, 0.717) is 53.9 Å². The highest BCUT2D eigenvalue weighted by Crippen LogP contribution is 2.45. The molecule has 0 aromatic carbocycles. The average molecular weight is 595 g/mol. The summed E-state index contributed by atoms with van der Waals surface area (Å²) in [5.74, 6) is 0.482. The van der Waals surface area contributed by atoms with Crippen LogP contribution in [-0.4, -0.2) is 82.9 Å². The minimum absolute atomic E-state index is 0.0766. The van der Waals surface area contributed by atoms with E-state index in [0.717, 1.165) is 36.2 Å². The number of nitrogens with zero attached hydrogens (tertiary/aromatic N) is 7. The number of aromatic nitrogens is 2. The Morgan fingerprint density at radius 2 is 2.07 bits per heavy atom. The number of carbonyl (C=O) groups is 1. The SMILES string of the molecule is CN(C)C=Nc1sc2c(c1C#N)[C@@H](C(=S)C=C(N)c1ccnc(N3CCCN(C(=O)OC(C)(C)C)CC3)n1)CCC2. The van der Waals surface area contributed by atoms with Crippen molar-refractivity contribution in [2.45, 2.75) is 58.0 Å². The minimum Gasteiger partial charge on any atom is -0.444 e. The Bertz CT molecular complexity index is 1390. The molecule has 2 aliphatic rings. The highest BCUT2D eigenvalue weighted by Gasteiger charge is 2.30. The third-order valence-electron chi connectivity index (χ3n) is 6.78. The van der Waals surface area contributed by atoms with Crippen molar-refractivity contribution in [3.8, 4) is 6.07 Å². The Morgan fingerprint density at radius 1 is 1.29 bits per heavy atom. The molecule has 218 valence electrons. The van der Waals surface area contributed by atoms with Crippen LogP contribution < -0.4 is 10.6 Å². The van der Waals surface area contributed by atoms with Gasteiger partial charge in [-0.15, -0.1) is 11.3 Å². The number of ether oxygens (including phenoxy) is 1. The van der Waals surface area contributed by atoms with Gasteiger partial charge in [0.2, 0.25) is 5.95 Å². The fraction of sp³-hybridized carbons (Fsp3) is 0.517. The van der Waals surface area contributed by atoms with Crippen molar-refractivity contribution in [2.24, 2.45) is 10.7 Å². The molecule has 10 nitrogen and oxygen atoms in total. The average Bonchev–Trinajstić information content (AvgIpc) is 3.09. The number of hydrogen-bond donors (Lipinski definition) is 1. The molecule has 2 aromatic heterocycles. The molecule has 1 saturated heterocycles. The number of carbonyl (C=O) groups excluding carboxylic acids is 1. The van der Waals surface area contributed by atoms with Crippen LogP contribution >= 0.6 is 23.6 Å². The van der Waals surface area contributed by atoms with Crippen molar-refractivity contribution in [1.29, 1.82) is 5.26 Å². The smallest absolute Gasteiger partial charge is 0.410 e. The maximum absolute atomic E-state index is 12.6. The zero-order valence-electron chi connectivity index (χ0n) is 24.4. The Balaban J connectivity index is 1.50. The molecule has 1 aliphatic carbocycles. The lowest BCUT2D eigenvalue weighted by Gasteiger charge is -2.26. The van der Waals surface area contributed by atoms with E-state index in [9.17, 15) is 10.1 Å². The number of fused-ring (bicyclic) bond motifs is 1. The van der Waals surface area contributed by atoms with Gasteiger partial charge in [0.15, 0.2) is 0 Å². The molecular weight excluding hydrogens is 557 g/mol. The van der Waals surface area contributed by atoms with Crippen molar-refractivity contribution in [3.05, 3.63) is 40.0 Å². The molecule has 3 heterocycles. The van der Waals surface area contributed by atoms with Gasteiger partial charge in [0, 0.05) is 62.1 Å². The first-order chi connectivity index (χ1) is 19.5. The molecule has 1 amide bonds. The number of thiocarbonyl (C=S) groups is 1. The maximum Gasteiger partial charge on any atom is 0.410 e. The van der Waals surface area contributed by atoms with Gasteiger partial charge in [-0.25, -0.2) is 19.8 Å². The molecule has 0 spiro atoms. The van der Waals surface area contributed by atoms with Crippen LogP contribution in [0.25, 0.3) is 5.70 Å². The van der Waals surface area contributed by atoms with Gasteiger partial charge >= 0.3 is 6.09 Å². The van der Waals surface area contributed by atoms with E-state index in [1.165, 1.54) is 4.88 Å².